The normalized spacial score (nSPS) is 12.4. The molecule has 0 aliphatic rings. The second-order valence-electron chi connectivity index (χ2n) is 5.40. The van der Waals surface area contributed by atoms with Crippen molar-refractivity contribution in [1.82, 2.24) is 5.32 Å². The molecule has 0 fully saturated rings. The van der Waals surface area contributed by atoms with Gasteiger partial charge in [0.25, 0.3) is 0 Å². The van der Waals surface area contributed by atoms with Crippen molar-refractivity contribution in [2.45, 2.75) is 33.2 Å². The monoisotopic (exact) mass is 413 g/mol. The molecule has 0 saturated carbocycles. The van der Waals surface area contributed by atoms with E-state index in [-0.39, 0.29) is 6.04 Å². The number of halogens is 2. The van der Waals surface area contributed by atoms with E-state index in [4.69, 9.17) is 11.6 Å². The molecule has 2 aromatic carbocycles. The average Bonchev–Trinajstić information content (AvgIpc) is 2.44. The molecule has 0 bridgehead atoms. The zero-order valence-electron chi connectivity index (χ0n) is 12.7. The van der Waals surface area contributed by atoms with E-state index in [1.165, 1.54) is 20.3 Å². The molecule has 21 heavy (non-hydrogen) atoms. The molecule has 0 spiro atoms. The van der Waals surface area contributed by atoms with Crippen molar-refractivity contribution in [3.63, 3.8) is 0 Å². The third-order valence-electron chi connectivity index (χ3n) is 3.64. The highest BCUT2D eigenvalue weighted by Crippen LogP contribution is 2.29. The fourth-order valence-electron chi connectivity index (χ4n) is 2.50. The van der Waals surface area contributed by atoms with Crippen molar-refractivity contribution >= 4 is 34.2 Å². The van der Waals surface area contributed by atoms with E-state index in [0.717, 1.165) is 23.6 Å². The van der Waals surface area contributed by atoms with Crippen LogP contribution in [0, 0.1) is 17.4 Å². The molecule has 0 aromatic heterocycles. The van der Waals surface area contributed by atoms with Gasteiger partial charge in [-0.2, -0.15) is 0 Å². The first-order valence-corrected chi connectivity index (χ1v) is 8.74. The maximum atomic E-state index is 6.24. The molecule has 0 aliphatic heterocycles. The fourth-order valence-corrected chi connectivity index (χ4v) is 3.28. The quantitative estimate of drug-likeness (QED) is 0.625. The molecule has 0 heterocycles. The number of hydrogen-bond acceptors (Lipinski definition) is 1. The van der Waals surface area contributed by atoms with E-state index >= 15 is 0 Å². The van der Waals surface area contributed by atoms with Gasteiger partial charge in [0, 0.05) is 8.59 Å². The van der Waals surface area contributed by atoms with Crippen molar-refractivity contribution in [1.29, 1.82) is 0 Å². The van der Waals surface area contributed by atoms with Crippen LogP contribution in [0.5, 0.6) is 0 Å². The molecule has 1 atom stereocenters. The van der Waals surface area contributed by atoms with Crippen molar-refractivity contribution in [2.24, 2.45) is 0 Å². The van der Waals surface area contributed by atoms with Crippen LogP contribution in [0.1, 0.15) is 41.6 Å². The van der Waals surface area contributed by atoms with E-state index < -0.39 is 0 Å². The minimum atomic E-state index is 0.218. The summed E-state index contributed by atoms with van der Waals surface area (Å²) in [5.41, 5.74) is 4.98. The minimum Gasteiger partial charge on any atom is -0.306 e. The minimum absolute atomic E-state index is 0.218. The summed E-state index contributed by atoms with van der Waals surface area (Å²) in [6.45, 7) is 7.39. The van der Waals surface area contributed by atoms with Crippen molar-refractivity contribution in [3.8, 4) is 0 Å². The number of nitrogens with one attached hydrogen (secondary N) is 1. The Morgan fingerprint density at radius 2 is 1.90 bits per heavy atom. The van der Waals surface area contributed by atoms with Crippen LogP contribution < -0.4 is 5.32 Å². The summed E-state index contributed by atoms with van der Waals surface area (Å²) in [7, 11) is 0. The van der Waals surface area contributed by atoms with E-state index in [9.17, 15) is 0 Å². The maximum Gasteiger partial charge on any atom is 0.0579 e. The van der Waals surface area contributed by atoms with Gasteiger partial charge in [0.15, 0.2) is 0 Å². The first-order chi connectivity index (χ1) is 10.0. The molecular formula is C18H21ClIN. The van der Waals surface area contributed by atoms with Crippen LogP contribution >= 0.6 is 34.2 Å². The molecular weight excluding hydrogens is 393 g/mol. The van der Waals surface area contributed by atoms with Gasteiger partial charge in [-0.1, -0.05) is 36.7 Å². The third-order valence-corrected chi connectivity index (χ3v) is 4.72. The number of benzene rings is 2. The Hall–Kier alpha value is -0.580. The Labute approximate surface area is 146 Å². The Balaban J connectivity index is 2.47. The van der Waals surface area contributed by atoms with E-state index in [2.05, 4.69) is 85.1 Å². The lowest BCUT2D eigenvalue weighted by molar-refractivity contribution is 0.596. The smallest absolute Gasteiger partial charge is 0.0579 e. The Kier molecular flexibility index (Phi) is 6.08. The predicted octanol–water partition coefficient (Wildman–Crippen LogP) is 5.65. The number of hydrogen-bond donors (Lipinski definition) is 1. The zero-order chi connectivity index (χ0) is 15.4. The largest absolute Gasteiger partial charge is 0.306 e. The average molecular weight is 414 g/mol. The topological polar surface area (TPSA) is 12.0 Å². The predicted molar refractivity (Wildman–Crippen MR) is 100 cm³/mol. The van der Waals surface area contributed by atoms with Gasteiger partial charge in [-0.25, -0.2) is 0 Å². The number of aryl methyl sites for hydroxylation is 2. The molecule has 1 nitrogen and oxygen atoms in total. The first kappa shape index (κ1) is 16.8. The van der Waals surface area contributed by atoms with Gasteiger partial charge < -0.3 is 5.32 Å². The van der Waals surface area contributed by atoms with E-state index in [0.29, 0.717) is 0 Å². The van der Waals surface area contributed by atoms with Gasteiger partial charge in [0.2, 0.25) is 0 Å². The van der Waals surface area contributed by atoms with Crippen LogP contribution in [0.3, 0.4) is 0 Å². The summed E-state index contributed by atoms with van der Waals surface area (Å²) >= 11 is 8.61. The standard InChI is InChI=1S/C18H21ClIN/c1-4-8-21-18(14-6-5-7-15(20)11-14)16-9-13(3)17(19)10-12(16)2/h5-7,9-11,18,21H,4,8H2,1-3H3. The van der Waals surface area contributed by atoms with Gasteiger partial charge in [-0.3, -0.25) is 0 Å². The maximum absolute atomic E-state index is 6.24. The second-order valence-corrected chi connectivity index (χ2v) is 7.05. The van der Waals surface area contributed by atoms with Crippen molar-refractivity contribution in [3.05, 3.63) is 67.2 Å². The Morgan fingerprint density at radius 3 is 2.57 bits per heavy atom. The highest BCUT2D eigenvalue weighted by molar-refractivity contribution is 14.1. The summed E-state index contributed by atoms with van der Waals surface area (Å²) in [6, 6.07) is 13.2. The first-order valence-electron chi connectivity index (χ1n) is 7.28. The molecule has 0 saturated heterocycles. The van der Waals surface area contributed by atoms with Crippen LogP contribution in [0.2, 0.25) is 5.02 Å². The highest BCUT2D eigenvalue weighted by atomic mass is 127. The third kappa shape index (κ3) is 4.21. The second kappa shape index (κ2) is 7.61. The summed E-state index contributed by atoms with van der Waals surface area (Å²) in [5.74, 6) is 0. The Bertz CT molecular complexity index is 625. The SMILES string of the molecule is CCCNC(c1cccc(I)c1)c1cc(C)c(Cl)cc1C. The summed E-state index contributed by atoms with van der Waals surface area (Å²) < 4.78 is 1.26. The lowest BCUT2D eigenvalue weighted by Gasteiger charge is -2.22. The lowest BCUT2D eigenvalue weighted by atomic mass is 9.93. The summed E-state index contributed by atoms with van der Waals surface area (Å²) in [4.78, 5) is 0. The molecule has 2 aromatic rings. The summed E-state index contributed by atoms with van der Waals surface area (Å²) in [5, 5.41) is 4.51. The molecule has 0 amide bonds. The van der Waals surface area contributed by atoms with Crippen LogP contribution in [0.15, 0.2) is 36.4 Å². The number of rotatable bonds is 5. The van der Waals surface area contributed by atoms with Crippen LogP contribution in [0.25, 0.3) is 0 Å². The van der Waals surface area contributed by atoms with Crippen LogP contribution in [-0.2, 0) is 0 Å². The molecule has 0 radical (unpaired) electrons. The fraction of sp³-hybridized carbons (Fsp3) is 0.333. The van der Waals surface area contributed by atoms with Gasteiger partial charge in [-0.15, -0.1) is 0 Å². The molecule has 1 unspecified atom stereocenters. The molecule has 2 rings (SSSR count). The molecule has 1 N–H and O–H groups in total. The van der Waals surface area contributed by atoms with Crippen molar-refractivity contribution < 1.29 is 0 Å². The van der Waals surface area contributed by atoms with Crippen LogP contribution in [-0.4, -0.2) is 6.54 Å². The highest BCUT2D eigenvalue weighted by Gasteiger charge is 2.17. The Morgan fingerprint density at radius 1 is 1.14 bits per heavy atom. The molecule has 0 aliphatic carbocycles. The van der Waals surface area contributed by atoms with Gasteiger partial charge in [-0.05, 0) is 89.9 Å². The van der Waals surface area contributed by atoms with Gasteiger partial charge in [0.05, 0.1) is 6.04 Å². The molecule has 3 heteroatoms. The zero-order valence-corrected chi connectivity index (χ0v) is 15.6. The molecule has 112 valence electrons. The van der Waals surface area contributed by atoms with Crippen LogP contribution in [0.4, 0.5) is 0 Å². The van der Waals surface area contributed by atoms with Gasteiger partial charge in [0.1, 0.15) is 0 Å². The lowest BCUT2D eigenvalue weighted by Crippen LogP contribution is -2.24. The van der Waals surface area contributed by atoms with E-state index in [1.54, 1.807) is 0 Å². The van der Waals surface area contributed by atoms with Gasteiger partial charge >= 0.3 is 0 Å². The van der Waals surface area contributed by atoms with Crippen molar-refractivity contribution in [2.75, 3.05) is 6.54 Å². The van der Waals surface area contributed by atoms with E-state index in [1.807, 2.05) is 0 Å². The summed E-state index contributed by atoms with van der Waals surface area (Å²) in [6.07, 6.45) is 1.12.